The molecule has 7 N–H and O–H groups in total. The highest BCUT2D eigenvalue weighted by Crippen LogP contribution is 2.46. The number of carbonyl (C=O) groups excluding carboxylic acids is 7. The number of ether oxygens (including phenoxy) is 2. The van der Waals surface area contributed by atoms with Gasteiger partial charge in [-0.25, -0.2) is 19.0 Å². The van der Waals surface area contributed by atoms with Gasteiger partial charge in [0.1, 0.15) is 30.6 Å². The van der Waals surface area contributed by atoms with Crippen molar-refractivity contribution in [2.75, 3.05) is 26.2 Å². The molecule has 0 radical (unpaired) electrons. The van der Waals surface area contributed by atoms with E-state index >= 15 is 4.39 Å². The Morgan fingerprint density at radius 1 is 0.941 bits per heavy atom. The Morgan fingerprint density at radius 2 is 1.63 bits per heavy atom. The summed E-state index contributed by atoms with van der Waals surface area (Å²) in [5, 5.41) is 27.6. The zero-order valence-electron chi connectivity index (χ0n) is 38.6. The molecule has 2 aromatic carbocycles. The predicted molar refractivity (Wildman–Crippen MR) is 243 cm³/mol. The van der Waals surface area contributed by atoms with E-state index in [1.807, 2.05) is 0 Å². The monoisotopic (exact) mass is 938 g/mol. The van der Waals surface area contributed by atoms with Crippen molar-refractivity contribution in [2.45, 2.75) is 104 Å². The number of halogens is 1. The van der Waals surface area contributed by atoms with Gasteiger partial charge < -0.3 is 51.0 Å². The normalized spacial score (nSPS) is 17.6. The number of cyclic esters (lactones) is 1. The van der Waals surface area contributed by atoms with E-state index < -0.39 is 102 Å². The smallest absolute Gasteiger partial charge is 0.408 e. The minimum Gasteiger partial charge on any atom is -0.458 e. The fraction of sp³-hybridized carbons (Fsp3) is 0.438. The second-order valence-corrected chi connectivity index (χ2v) is 18.3. The SMILES string of the molecule is CC[C@@]1(O)C(=O)OCc2c1cc1n(c2=O)Cc2c-1nc1cc(F)c(C)c3c1c2[C@@H](NC(=O)[C@@H](C)CNC(=O)CNC(=O)[C@H](Cc1ccccc1)NC(=O)CNC(=O)CNC(=O)OC(C)(C)C)CC3. The van der Waals surface area contributed by atoms with E-state index in [0.29, 0.717) is 57.4 Å². The van der Waals surface area contributed by atoms with Crippen molar-refractivity contribution < 1.29 is 52.5 Å². The maximum Gasteiger partial charge on any atom is 0.408 e. The third-order valence-corrected chi connectivity index (χ3v) is 12.3. The zero-order valence-corrected chi connectivity index (χ0v) is 38.6. The molecular weight excluding hydrogens is 884 g/mol. The van der Waals surface area contributed by atoms with Crippen molar-refractivity contribution in [1.29, 1.82) is 0 Å². The molecule has 6 amide bonds. The number of alkyl carbamates (subject to hydrolysis) is 1. The standard InChI is InChI=1S/C48H55FN8O11/c1-7-48(66)30-16-35-41-28(22-57(35)44(63)29(30)23-67-45(48)64)40-32(14-13-27-25(3)31(49)17-33(55-41)39(27)40)56-42(61)24(2)18-50-36(58)19-52-43(62)34(15-26-11-9-8-10-12-26)54-38(60)21-51-37(59)20-53-46(65)68-47(4,5)6/h8-12,16-17,24,32,34,66H,7,13-15,18-23H2,1-6H3,(H,50,58)(H,51,59)(H,52,62)(H,53,65)(H,54,60)(H,56,61)/t24-,32-,34-,48-/m0/s1. The number of esters is 1. The Hall–Kier alpha value is -7.22. The number of fused-ring (bicyclic) bond motifs is 5. The number of rotatable bonds is 15. The van der Waals surface area contributed by atoms with Gasteiger partial charge in [0.25, 0.3) is 5.56 Å². The first-order valence-corrected chi connectivity index (χ1v) is 22.4. The fourth-order valence-corrected chi connectivity index (χ4v) is 8.74. The molecule has 2 aliphatic heterocycles. The van der Waals surface area contributed by atoms with Crippen LogP contribution < -0.4 is 37.5 Å². The summed E-state index contributed by atoms with van der Waals surface area (Å²) in [5.41, 5.74) is 1.24. The molecule has 19 nitrogen and oxygen atoms in total. The molecule has 0 fully saturated rings. The van der Waals surface area contributed by atoms with Crippen molar-refractivity contribution in [3.05, 3.63) is 97.6 Å². The molecule has 360 valence electrons. The van der Waals surface area contributed by atoms with Gasteiger partial charge in [-0.15, -0.1) is 0 Å². The average Bonchev–Trinajstić information content (AvgIpc) is 3.67. The van der Waals surface area contributed by atoms with Crippen LogP contribution in [0.25, 0.3) is 22.3 Å². The molecule has 0 spiro atoms. The third kappa shape index (κ3) is 10.2. The molecule has 68 heavy (non-hydrogen) atoms. The summed E-state index contributed by atoms with van der Waals surface area (Å²) >= 11 is 0. The summed E-state index contributed by atoms with van der Waals surface area (Å²) in [4.78, 5) is 109. The molecule has 0 saturated carbocycles. The van der Waals surface area contributed by atoms with Crippen LogP contribution in [0.3, 0.4) is 0 Å². The van der Waals surface area contributed by atoms with Crippen LogP contribution in [0.4, 0.5) is 9.18 Å². The van der Waals surface area contributed by atoms with Crippen LogP contribution in [0.1, 0.15) is 92.4 Å². The number of amides is 6. The van der Waals surface area contributed by atoms with Gasteiger partial charge in [-0.1, -0.05) is 44.2 Å². The highest BCUT2D eigenvalue weighted by atomic mass is 19.1. The predicted octanol–water partition coefficient (Wildman–Crippen LogP) is 1.87. The van der Waals surface area contributed by atoms with E-state index in [1.54, 1.807) is 77.9 Å². The summed E-state index contributed by atoms with van der Waals surface area (Å²) in [6, 6.07) is 9.97. The van der Waals surface area contributed by atoms with Crippen molar-refractivity contribution in [3.63, 3.8) is 0 Å². The highest BCUT2D eigenvalue weighted by molar-refractivity contribution is 5.95. The molecule has 7 rings (SSSR count). The van der Waals surface area contributed by atoms with Crippen LogP contribution in [0, 0.1) is 18.7 Å². The number of benzene rings is 2. The average molecular weight is 939 g/mol. The zero-order chi connectivity index (χ0) is 49.2. The van der Waals surface area contributed by atoms with Crippen LogP contribution in [-0.2, 0) is 69.8 Å². The molecule has 0 bridgehead atoms. The molecule has 4 heterocycles. The first-order chi connectivity index (χ1) is 32.2. The van der Waals surface area contributed by atoms with E-state index in [0.717, 1.165) is 5.56 Å². The molecule has 1 aliphatic carbocycles. The second kappa shape index (κ2) is 19.6. The molecular formula is C48H55FN8O11. The third-order valence-electron chi connectivity index (χ3n) is 12.3. The summed E-state index contributed by atoms with van der Waals surface area (Å²) in [5.74, 6) is -5.17. The van der Waals surface area contributed by atoms with Crippen molar-refractivity contribution in [3.8, 4) is 11.4 Å². The van der Waals surface area contributed by atoms with Gasteiger partial charge in [-0.3, -0.25) is 28.8 Å². The molecule has 0 saturated heterocycles. The minimum atomic E-state index is -2.05. The fourth-order valence-electron chi connectivity index (χ4n) is 8.74. The molecule has 4 aromatic rings. The number of pyridine rings is 2. The number of carbonyl (C=O) groups is 7. The Morgan fingerprint density at radius 3 is 2.34 bits per heavy atom. The number of hydrogen-bond donors (Lipinski definition) is 7. The van der Waals surface area contributed by atoms with E-state index in [-0.39, 0.29) is 43.7 Å². The van der Waals surface area contributed by atoms with Crippen LogP contribution in [0.5, 0.6) is 0 Å². The number of aliphatic hydroxyl groups is 1. The van der Waals surface area contributed by atoms with E-state index in [9.17, 15) is 43.5 Å². The molecule has 0 unspecified atom stereocenters. The Kier molecular flexibility index (Phi) is 14.0. The number of aryl methyl sites for hydroxylation is 1. The lowest BCUT2D eigenvalue weighted by molar-refractivity contribution is -0.172. The van der Waals surface area contributed by atoms with Crippen LogP contribution in [0.15, 0.2) is 47.3 Å². The first kappa shape index (κ1) is 48.7. The maximum absolute atomic E-state index is 15.4. The summed E-state index contributed by atoms with van der Waals surface area (Å²) in [7, 11) is 0. The van der Waals surface area contributed by atoms with E-state index in [1.165, 1.54) is 10.6 Å². The lowest BCUT2D eigenvalue weighted by Gasteiger charge is -2.31. The molecule has 20 heteroatoms. The number of nitrogens with zero attached hydrogens (tertiary/aromatic N) is 2. The second-order valence-electron chi connectivity index (χ2n) is 18.3. The van der Waals surface area contributed by atoms with E-state index in [4.69, 9.17) is 14.5 Å². The topological polar surface area (TPSA) is 265 Å². The lowest BCUT2D eigenvalue weighted by atomic mass is 9.81. The van der Waals surface area contributed by atoms with Crippen molar-refractivity contribution >= 4 is 52.5 Å². The van der Waals surface area contributed by atoms with Gasteiger partial charge in [-0.05, 0) is 75.3 Å². The first-order valence-electron chi connectivity index (χ1n) is 22.4. The highest BCUT2D eigenvalue weighted by Gasteiger charge is 2.46. The van der Waals surface area contributed by atoms with Gasteiger partial charge in [0, 0.05) is 35.5 Å². The van der Waals surface area contributed by atoms with Crippen LogP contribution in [-0.4, -0.2) is 94.1 Å². The largest absolute Gasteiger partial charge is 0.458 e. The summed E-state index contributed by atoms with van der Waals surface area (Å²) < 4.78 is 27.2. The molecule has 2 aromatic heterocycles. The Labute approximate surface area is 390 Å². The van der Waals surface area contributed by atoms with Gasteiger partial charge >= 0.3 is 12.1 Å². The Bertz CT molecular complexity index is 2790. The molecule has 3 aliphatic rings. The van der Waals surface area contributed by atoms with Gasteiger partial charge in [0.05, 0.1) is 54.1 Å². The summed E-state index contributed by atoms with van der Waals surface area (Å²) in [6.07, 6.45) is 0.00978. The number of nitrogens with one attached hydrogen (secondary N) is 6. The van der Waals surface area contributed by atoms with Crippen LogP contribution >= 0.6 is 0 Å². The summed E-state index contributed by atoms with van der Waals surface area (Å²) in [6.45, 7) is 8.10. The van der Waals surface area contributed by atoms with E-state index in [2.05, 4.69) is 31.9 Å². The van der Waals surface area contributed by atoms with Gasteiger partial charge in [0.15, 0.2) is 5.60 Å². The lowest BCUT2D eigenvalue weighted by Crippen LogP contribution is -2.52. The molecule has 4 atom stereocenters. The number of hydrogen-bond acceptors (Lipinski definition) is 12. The maximum atomic E-state index is 15.4. The van der Waals surface area contributed by atoms with Crippen molar-refractivity contribution in [2.24, 2.45) is 5.92 Å². The van der Waals surface area contributed by atoms with Gasteiger partial charge in [0.2, 0.25) is 29.5 Å². The Balaban J connectivity index is 0.992. The quantitative estimate of drug-likeness (QED) is 0.0743. The number of aromatic nitrogens is 2. The van der Waals surface area contributed by atoms with Crippen LogP contribution in [0.2, 0.25) is 0 Å². The minimum absolute atomic E-state index is 0.0424. The van der Waals surface area contributed by atoms with Crippen molar-refractivity contribution in [1.82, 2.24) is 41.5 Å². The van der Waals surface area contributed by atoms with Gasteiger partial charge in [-0.2, -0.15) is 0 Å².